The largest absolute Gasteiger partial charge is 0.492 e. The van der Waals surface area contributed by atoms with E-state index in [0.29, 0.717) is 18.2 Å². The van der Waals surface area contributed by atoms with Crippen LogP contribution in [0.3, 0.4) is 0 Å². The van der Waals surface area contributed by atoms with Crippen molar-refractivity contribution in [2.24, 2.45) is 0 Å². The third-order valence-corrected chi connectivity index (χ3v) is 3.05. The monoisotopic (exact) mass is 284 g/mol. The van der Waals surface area contributed by atoms with Gasteiger partial charge in [0.15, 0.2) is 0 Å². The maximum absolute atomic E-state index is 8.82. The average molecular weight is 284 g/mol. The van der Waals surface area contributed by atoms with Crippen LogP contribution in [0.2, 0.25) is 0 Å². The van der Waals surface area contributed by atoms with Gasteiger partial charge in [0.1, 0.15) is 12.4 Å². The molecule has 1 N–H and O–H groups in total. The first-order valence-corrected chi connectivity index (χ1v) is 7.03. The van der Waals surface area contributed by atoms with Crippen molar-refractivity contribution < 1.29 is 4.74 Å². The molecule has 1 aromatic heterocycles. The number of ether oxygens (including phenoxy) is 1. The van der Waals surface area contributed by atoms with Gasteiger partial charge in [-0.25, -0.2) is 0 Å². The van der Waals surface area contributed by atoms with Crippen molar-refractivity contribution in [3.8, 4) is 11.8 Å². The lowest BCUT2D eigenvalue weighted by Gasteiger charge is -2.14. The predicted molar refractivity (Wildman–Crippen MR) is 81.1 cm³/mol. The molecule has 5 nitrogen and oxygen atoms in total. The summed E-state index contributed by atoms with van der Waals surface area (Å²) in [4.78, 5) is 0. The summed E-state index contributed by atoms with van der Waals surface area (Å²) in [5, 5.41) is 16.5. The van der Waals surface area contributed by atoms with Crippen molar-refractivity contribution >= 4 is 0 Å². The molecule has 0 unspecified atom stereocenters. The molecule has 0 aliphatic carbocycles. The molecule has 0 aliphatic rings. The highest BCUT2D eigenvalue weighted by molar-refractivity contribution is 5.36. The van der Waals surface area contributed by atoms with Crippen LogP contribution in [0.5, 0.6) is 5.75 Å². The molecule has 1 heterocycles. The Kier molecular flexibility index (Phi) is 5.35. The van der Waals surface area contributed by atoms with Crippen LogP contribution in [0.1, 0.15) is 18.1 Å². The van der Waals surface area contributed by atoms with E-state index in [-0.39, 0.29) is 0 Å². The number of nitrogens with one attached hydrogen (secondary N) is 1. The van der Waals surface area contributed by atoms with E-state index in [9.17, 15) is 0 Å². The fourth-order valence-electron chi connectivity index (χ4n) is 2.04. The molecule has 0 spiro atoms. The van der Waals surface area contributed by atoms with Crippen LogP contribution >= 0.6 is 0 Å². The SMILES string of the molecule is Cc1cnn(C[C@H](C)NCCOc2cccc(C#N)c2)c1. The van der Waals surface area contributed by atoms with E-state index in [2.05, 4.69) is 23.4 Å². The highest BCUT2D eigenvalue weighted by atomic mass is 16.5. The van der Waals surface area contributed by atoms with E-state index in [1.807, 2.05) is 36.1 Å². The van der Waals surface area contributed by atoms with E-state index in [1.54, 1.807) is 12.1 Å². The van der Waals surface area contributed by atoms with Crippen LogP contribution in [-0.2, 0) is 6.54 Å². The number of aromatic nitrogens is 2. The molecule has 2 rings (SSSR count). The Hall–Kier alpha value is -2.32. The van der Waals surface area contributed by atoms with Crippen LogP contribution in [-0.4, -0.2) is 29.0 Å². The van der Waals surface area contributed by atoms with Gasteiger partial charge in [0.2, 0.25) is 0 Å². The lowest BCUT2D eigenvalue weighted by atomic mass is 10.2. The second kappa shape index (κ2) is 7.46. The van der Waals surface area contributed by atoms with Crippen LogP contribution in [0.25, 0.3) is 0 Å². The molecule has 0 aliphatic heterocycles. The fourth-order valence-corrected chi connectivity index (χ4v) is 2.04. The van der Waals surface area contributed by atoms with Gasteiger partial charge in [0.05, 0.1) is 24.4 Å². The number of nitriles is 1. The maximum Gasteiger partial charge on any atom is 0.120 e. The Morgan fingerprint density at radius 1 is 1.48 bits per heavy atom. The number of benzene rings is 1. The van der Waals surface area contributed by atoms with Gasteiger partial charge in [0.25, 0.3) is 0 Å². The van der Waals surface area contributed by atoms with E-state index in [0.717, 1.165) is 18.8 Å². The summed E-state index contributed by atoms with van der Waals surface area (Å²) in [7, 11) is 0. The Morgan fingerprint density at radius 2 is 2.33 bits per heavy atom. The van der Waals surface area contributed by atoms with Crippen molar-refractivity contribution in [1.82, 2.24) is 15.1 Å². The summed E-state index contributed by atoms with van der Waals surface area (Å²) in [5.41, 5.74) is 1.78. The van der Waals surface area contributed by atoms with E-state index in [4.69, 9.17) is 10.00 Å². The summed E-state index contributed by atoms with van der Waals surface area (Å²) in [6, 6.07) is 9.61. The molecule has 21 heavy (non-hydrogen) atoms. The molecule has 0 saturated carbocycles. The Morgan fingerprint density at radius 3 is 3.05 bits per heavy atom. The van der Waals surface area contributed by atoms with Crippen LogP contribution in [0.15, 0.2) is 36.7 Å². The normalized spacial score (nSPS) is 11.9. The summed E-state index contributed by atoms with van der Waals surface area (Å²) in [6.45, 7) is 6.30. The average Bonchev–Trinajstić information content (AvgIpc) is 2.89. The molecule has 1 aromatic carbocycles. The van der Waals surface area contributed by atoms with Gasteiger partial charge in [-0.15, -0.1) is 0 Å². The third kappa shape index (κ3) is 4.93. The molecule has 2 aromatic rings. The van der Waals surface area contributed by atoms with Crippen LogP contribution in [0.4, 0.5) is 0 Å². The fraction of sp³-hybridized carbons (Fsp3) is 0.375. The highest BCUT2D eigenvalue weighted by Crippen LogP contribution is 2.11. The van der Waals surface area contributed by atoms with Gasteiger partial charge in [-0.3, -0.25) is 4.68 Å². The van der Waals surface area contributed by atoms with Crippen LogP contribution in [0, 0.1) is 18.3 Å². The summed E-state index contributed by atoms with van der Waals surface area (Å²) < 4.78 is 7.55. The standard InChI is InChI=1S/C16H20N4O/c1-13-10-19-20(11-13)12-14(2)18-6-7-21-16-5-3-4-15(8-16)9-17/h3-5,8,10-11,14,18H,6-7,12H2,1-2H3/t14-/m0/s1. The second-order valence-electron chi connectivity index (χ2n) is 5.08. The van der Waals surface area contributed by atoms with E-state index in [1.165, 1.54) is 5.56 Å². The molecule has 0 fully saturated rings. The van der Waals surface area contributed by atoms with Crippen molar-refractivity contribution in [3.63, 3.8) is 0 Å². The van der Waals surface area contributed by atoms with Gasteiger partial charge < -0.3 is 10.1 Å². The minimum atomic E-state index is 0.318. The van der Waals surface area contributed by atoms with E-state index < -0.39 is 0 Å². The summed E-state index contributed by atoms with van der Waals surface area (Å²) in [6.07, 6.45) is 3.89. The lowest BCUT2D eigenvalue weighted by Crippen LogP contribution is -2.33. The number of rotatable bonds is 7. The topological polar surface area (TPSA) is 62.9 Å². The first-order valence-electron chi connectivity index (χ1n) is 7.03. The zero-order valence-electron chi connectivity index (χ0n) is 12.4. The van der Waals surface area contributed by atoms with Gasteiger partial charge >= 0.3 is 0 Å². The van der Waals surface area contributed by atoms with Crippen molar-refractivity contribution in [2.75, 3.05) is 13.2 Å². The van der Waals surface area contributed by atoms with Gasteiger partial charge in [0, 0.05) is 18.8 Å². The summed E-state index contributed by atoms with van der Waals surface area (Å²) >= 11 is 0. The Labute approximate surface area is 125 Å². The Balaban J connectivity index is 1.68. The minimum absolute atomic E-state index is 0.318. The second-order valence-corrected chi connectivity index (χ2v) is 5.08. The molecular weight excluding hydrogens is 264 g/mol. The molecular formula is C16H20N4O. The number of hydrogen-bond donors (Lipinski definition) is 1. The quantitative estimate of drug-likeness (QED) is 0.791. The zero-order valence-corrected chi connectivity index (χ0v) is 12.4. The predicted octanol–water partition coefficient (Wildman–Crippen LogP) is 2.12. The Bertz CT molecular complexity index is 615. The molecule has 5 heteroatoms. The number of hydrogen-bond acceptors (Lipinski definition) is 4. The molecule has 1 atom stereocenters. The molecule has 0 saturated heterocycles. The smallest absolute Gasteiger partial charge is 0.120 e. The maximum atomic E-state index is 8.82. The lowest BCUT2D eigenvalue weighted by molar-refractivity contribution is 0.301. The van der Waals surface area contributed by atoms with Gasteiger partial charge in [-0.2, -0.15) is 10.4 Å². The first-order chi connectivity index (χ1) is 10.2. The van der Waals surface area contributed by atoms with Gasteiger partial charge in [-0.05, 0) is 37.6 Å². The number of aryl methyl sites for hydroxylation is 1. The zero-order chi connectivity index (χ0) is 15.1. The minimum Gasteiger partial charge on any atom is -0.492 e. The molecule has 0 bridgehead atoms. The van der Waals surface area contributed by atoms with Crippen molar-refractivity contribution in [2.45, 2.75) is 26.4 Å². The highest BCUT2D eigenvalue weighted by Gasteiger charge is 2.03. The first kappa shape index (κ1) is 15.1. The molecule has 110 valence electrons. The van der Waals surface area contributed by atoms with E-state index >= 15 is 0 Å². The molecule has 0 amide bonds. The molecule has 0 radical (unpaired) electrons. The summed E-state index contributed by atoms with van der Waals surface area (Å²) in [5.74, 6) is 0.728. The van der Waals surface area contributed by atoms with Crippen molar-refractivity contribution in [1.29, 1.82) is 5.26 Å². The van der Waals surface area contributed by atoms with Crippen LogP contribution < -0.4 is 10.1 Å². The third-order valence-electron chi connectivity index (χ3n) is 3.05. The number of nitrogens with zero attached hydrogens (tertiary/aromatic N) is 3. The van der Waals surface area contributed by atoms with Gasteiger partial charge in [-0.1, -0.05) is 6.07 Å². The van der Waals surface area contributed by atoms with Crippen molar-refractivity contribution in [3.05, 3.63) is 47.8 Å².